The van der Waals surface area contributed by atoms with Crippen LogP contribution in [0, 0.1) is 0 Å². The number of hydrogen-bond donors (Lipinski definition) is 1. The van der Waals surface area contributed by atoms with Gasteiger partial charge in [-0.05, 0) is 17.7 Å². The maximum Gasteiger partial charge on any atom is 0.153 e. The van der Waals surface area contributed by atoms with Crippen molar-refractivity contribution in [3.8, 4) is 5.75 Å². The van der Waals surface area contributed by atoms with E-state index >= 15 is 0 Å². The monoisotopic (exact) mass is 148 g/mol. The summed E-state index contributed by atoms with van der Waals surface area (Å²) in [7, 11) is 0. The molecule has 1 rings (SSSR count). The normalized spacial score (nSPS) is 9.09. The maximum absolute atomic E-state index is 10.2. The average Bonchev–Trinajstić information content (AvgIpc) is 2.04. The Balaban J connectivity index is 3.18. The first-order chi connectivity index (χ1) is 5.27. The molecule has 0 saturated carbocycles. The lowest BCUT2D eigenvalue weighted by atomic mass is 10.1. The first kappa shape index (κ1) is 7.54. The van der Waals surface area contributed by atoms with Crippen molar-refractivity contribution >= 4 is 12.4 Å². The maximum atomic E-state index is 10.2. The average molecular weight is 148 g/mol. The van der Waals surface area contributed by atoms with E-state index in [1.165, 1.54) is 6.07 Å². The van der Waals surface area contributed by atoms with Crippen LogP contribution in [0.3, 0.4) is 0 Å². The van der Waals surface area contributed by atoms with E-state index in [0.29, 0.717) is 11.8 Å². The number of hydrogen-bond acceptors (Lipinski definition) is 2. The van der Waals surface area contributed by atoms with Crippen LogP contribution in [0.5, 0.6) is 5.75 Å². The molecule has 1 aromatic carbocycles. The van der Waals surface area contributed by atoms with Gasteiger partial charge in [-0.2, -0.15) is 0 Å². The molecule has 0 aliphatic heterocycles. The number of aromatic hydroxyl groups is 1. The molecule has 0 amide bonds. The molecule has 0 saturated heterocycles. The molecule has 11 heavy (non-hydrogen) atoms. The number of aldehydes is 1. The summed E-state index contributed by atoms with van der Waals surface area (Å²) in [6.45, 7) is 3.53. The lowest BCUT2D eigenvalue weighted by Crippen LogP contribution is -1.81. The van der Waals surface area contributed by atoms with Crippen LogP contribution < -0.4 is 0 Å². The van der Waals surface area contributed by atoms with Gasteiger partial charge >= 0.3 is 0 Å². The van der Waals surface area contributed by atoms with Gasteiger partial charge in [-0.3, -0.25) is 4.79 Å². The Morgan fingerprint density at radius 1 is 1.45 bits per heavy atom. The molecule has 2 nitrogen and oxygen atoms in total. The third kappa shape index (κ3) is 1.46. The van der Waals surface area contributed by atoms with Gasteiger partial charge in [0.2, 0.25) is 0 Å². The van der Waals surface area contributed by atoms with Gasteiger partial charge in [0.15, 0.2) is 6.29 Å². The van der Waals surface area contributed by atoms with Crippen molar-refractivity contribution in [1.29, 1.82) is 0 Å². The van der Waals surface area contributed by atoms with Crippen LogP contribution in [0.1, 0.15) is 15.9 Å². The second kappa shape index (κ2) is 3.01. The predicted molar refractivity (Wildman–Crippen MR) is 43.6 cm³/mol. The molecule has 2 heteroatoms. The molecule has 0 spiro atoms. The summed E-state index contributed by atoms with van der Waals surface area (Å²) >= 11 is 0. The summed E-state index contributed by atoms with van der Waals surface area (Å²) in [5.74, 6) is -0.00241. The lowest BCUT2D eigenvalue weighted by Gasteiger charge is -1.97. The molecule has 0 aliphatic carbocycles. The molecule has 56 valence electrons. The second-order valence-electron chi connectivity index (χ2n) is 2.14. The fourth-order valence-corrected chi connectivity index (χ4v) is 0.787. The molecule has 0 atom stereocenters. The molecule has 1 aromatic rings. The van der Waals surface area contributed by atoms with E-state index in [4.69, 9.17) is 5.11 Å². The lowest BCUT2D eigenvalue weighted by molar-refractivity contribution is 0.112. The van der Waals surface area contributed by atoms with E-state index < -0.39 is 0 Å². The van der Waals surface area contributed by atoms with Crippen LogP contribution >= 0.6 is 0 Å². The standard InChI is InChI=1S/C9H8O2/c1-2-7-3-4-8(6-10)9(11)5-7/h2-6,11H,1H2. The fraction of sp³-hybridized carbons (Fsp3) is 0. The molecule has 0 heterocycles. The van der Waals surface area contributed by atoms with Crippen LogP contribution in [-0.2, 0) is 0 Å². The Kier molecular flexibility index (Phi) is 2.06. The number of phenols is 1. The smallest absolute Gasteiger partial charge is 0.153 e. The molecule has 1 N–H and O–H groups in total. The molecular formula is C9H8O2. The first-order valence-corrected chi connectivity index (χ1v) is 3.18. The molecule has 0 unspecified atom stereocenters. The van der Waals surface area contributed by atoms with E-state index in [9.17, 15) is 4.79 Å². The zero-order valence-corrected chi connectivity index (χ0v) is 5.95. The Morgan fingerprint density at radius 3 is 2.64 bits per heavy atom. The van der Waals surface area contributed by atoms with E-state index in [0.717, 1.165) is 5.56 Å². The van der Waals surface area contributed by atoms with E-state index in [1.807, 2.05) is 0 Å². The van der Waals surface area contributed by atoms with E-state index in [-0.39, 0.29) is 5.75 Å². The quantitative estimate of drug-likeness (QED) is 0.650. The second-order valence-corrected chi connectivity index (χ2v) is 2.14. The third-order valence-corrected chi connectivity index (χ3v) is 1.42. The first-order valence-electron chi connectivity index (χ1n) is 3.18. The predicted octanol–water partition coefficient (Wildman–Crippen LogP) is 1.85. The minimum atomic E-state index is -0.00241. The number of rotatable bonds is 2. The van der Waals surface area contributed by atoms with Crippen LogP contribution in [0.25, 0.3) is 6.08 Å². The molecule has 0 radical (unpaired) electrons. The number of carbonyl (C=O) groups is 1. The van der Waals surface area contributed by atoms with Gasteiger partial charge in [-0.15, -0.1) is 0 Å². The van der Waals surface area contributed by atoms with Crippen molar-refractivity contribution in [1.82, 2.24) is 0 Å². The third-order valence-electron chi connectivity index (χ3n) is 1.42. The minimum Gasteiger partial charge on any atom is -0.507 e. The topological polar surface area (TPSA) is 37.3 Å². The van der Waals surface area contributed by atoms with Gasteiger partial charge in [-0.25, -0.2) is 0 Å². The highest BCUT2D eigenvalue weighted by Crippen LogP contribution is 2.16. The van der Waals surface area contributed by atoms with Crippen molar-refractivity contribution in [3.63, 3.8) is 0 Å². The van der Waals surface area contributed by atoms with Crippen molar-refractivity contribution < 1.29 is 9.90 Å². The largest absolute Gasteiger partial charge is 0.507 e. The summed E-state index contributed by atoms with van der Waals surface area (Å²) < 4.78 is 0. The zero-order valence-electron chi connectivity index (χ0n) is 5.95. The molecule has 0 aromatic heterocycles. The molecular weight excluding hydrogens is 140 g/mol. The zero-order chi connectivity index (χ0) is 8.27. The van der Waals surface area contributed by atoms with Gasteiger partial charge in [0.05, 0.1) is 5.56 Å². The van der Waals surface area contributed by atoms with E-state index in [1.54, 1.807) is 18.2 Å². The summed E-state index contributed by atoms with van der Waals surface area (Å²) in [6.07, 6.45) is 2.22. The van der Waals surface area contributed by atoms with Gasteiger partial charge in [-0.1, -0.05) is 18.7 Å². The fourth-order valence-electron chi connectivity index (χ4n) is 0.787. The Labute approximate surface area is 64.8 Å². The molecule has 0 aliphatic rings. The van der Waals surface area contributed by atoms with Gasteiger partial charge in [0.1, 0.15) is 5.75 Å². The molecule has 0 fully saturated rings. The van der Waals surface area contributed by atoms with Crippen molar-refractivity contribution in [2.75, 3.05) is 0 Å². The van der Waals surface area contributed by atoms with Crippen molar-refractivity contribution in [3.05, 3.63) is 35.9 Å². The van der Waals surface area contributed by atoms with Gasteiger partial charge in [0.25, 0.3) is 0 Å². The Bertz CT molecular complexity index is 290. The van der Waals surface area contributed by atoms with Crippen LogP contribution in [0.15, 0.2) is 24.8 Å². The molecule has 0 bridgehead atoms. The Hall–Kier alpha value is -1.57. The summed E-state index contributed by atoms with van der Waals surface area (Å²) in [5.41, 5.74) is 1.10. The number of carbonyl (C=O) groups excluding carboxylic acids is 1. The van der Waals surface area contributed by atoms with Crippen molar-refractivity contribution in [2.45, 2.75) is 0 Å². The van der Waals surface area contributed by atoms with Crippen LogP contribution in [-0.4, -0.2) is 11.4 Å². The SMILES string of the molecule is C=Cc1ccc(C=O)c(O)c1. The summed E-state index contributed by atoms with van der Waals surface area (Å²) in [6, 6.07) is 4.77. The van der Waals surface area contributed by atoms with Crippen LogP contribution in [0.2, 0.25) is 0 Å². The van der Waals surface area contributed by atoms with Crippen LogP contribution in [0.4, 0.5) is 0 Å². The number of benzene rings is 1. The van der Waals surface area contributed by atoms with E-state index in [2.05, 4.69) is 6.58 Å². The Morgan fingerprint density at radius 2 is 2.18 bits per heavy atom. The number of phenolic OH excluding ortho intramolecular Hbond substituents is 1. The highest BCUT2D eigenvalue weighted by molar-refractivity contribution is 5.79. The van der Waals surface area contributed by atoms with Gasteiger partial charge in [0, 0.05) is 0 Å². The summed E-state index contributed by atoms with van der Waals surface area (Å²) in [5, 5.41) is 9.14. The van der Waals surface area contributed by atoms with Gasteiger partial charge < -0.3 is 5.11 Å². The summed E-state index contributed by atoms with van der Waals surface area (Å²) in [4.78, 5) is 10.2. The highest BCUT2D eigenvalue weighted by Gasteiger charge is 1.97. The highest BCUT2D eigenvalue weighted by atomic mass is 16.3. The van der Waals surface area contributed by atoms with Crippen molar-refractivity contribution in [2.24, 2.45) is 0 Å². The minimum absolute atomic E-state index is 0.00241.